The maximum absolute atomic E-state index is 14.1. The molecule has 3 aromatic heterocycles. The molecule has 2 N–H and O–H groups in total. The van der Waals surface area contributed by atoms with E-state index in [4.69, 9.17) is 4.98 Å². The highest BCUT2D eigenvalue weighted by atomic mass is 32.2. The van der Waals surface area contributed by atoms with Crippen LogP contribution < -0.4 is 5.56 Å². The molecule has 2 aliphatic heterocycles. The summed E-state index contributed by atoms with van der Waals surface area (Å²) in [7, 11) is -3.15. The number of fused-ring (bicyclic) bond motifs is 1. The largest absolute Gasteiger partial charge is 0.332 e. The molecule has 0 aromatic carbocycles. The predicted octanol–water partition coefficient (Wildman–Crippen LogP) is 2.83. The number of aryl methyl sites for hydroxylation is 2. The third kappa shape index (κ3) is 6.14. The van der Waals surface area contributed by atoms with E-state index in [1.165, 1.54) is 6.26 Å². The van der Waals surface area contributed by atoms with Crippen molar-refractivity contribution in [1.82, 2.24) is 34.3 Å². The molecule has 5 heterocycles. The van der Waals surface area contributed by atoms with E-state index >= 15 is 0 Å². The fourth-order valence-corrected chi connectivity index (χ4v) is 6.82. The van der Waals surface area contributed by atoms with Crippen LogP contribution >= 0.6 is 0 Å². The molecule has 0 radical (unpaired) electrons. The Bertz CT molecular complexity index is 1650. The molecule has 0 bridgehead atoms. The van der Waals surface area contributed by atoms with Crippen LogP contribution in [0.15, 0.2) is 29.2 Å². The summed E-state index contributed by atoms with van der Waals surface area (Å²) >= 11 is 0. The van der Waals surface area contributed by atoms with E-state index in [1.807, 2.05) is 39.8 Å². The minimum Gasteiger partial charge on any atom is -0.332 e. The van der Waals surface area contributed by atoms with Crippen LogP contribution in [-0.4, -0.2) is 93.1 Å². The Morgan fingerprint density at radius 3 is 2.51 bits per heavy atom. The van der Waals surface area contributed by atoms with E-state index in [2.05, 4.69) is 26.2 Å². The third-order valence-corrected chi connectivity index (χ3v) is 9.64. The van der Waals surface area contributed by atoms with Gasteiger partial charge in [0, 0.05) is 49.5 Å². The zero-order chi connectivity index (χ0) is 29.5. The highest BCUT2D eigenvalue weighted by molar-refractivity contribution is 7.88. The lowest BCUT2D eigenvalue weighted by atomic mass is 9.97. The highest BCUT2D eigenvalue weighted by Gasteiger charge is 2.30. The monoisotopic (exact) mass is 581 g/mol. The van der Waals surface area contributed by atoms with Gasteiger partial charge in [-0.3, -0.25) is 19.6 Å². The van der Waals surface area contributed by atoms with Gasteiger partial charge in [0.2, 0.25) is 10.0 Å². The Morgan fingerprint density at radius 2 is 1.90 bits per heavy atom. The van der Waals surface area contributed by atoms with Crippen LogP contribution in [0, 0.1) is 13.8 Å². The number of pyridine rings is 2. The molecule has 220 valence electrons. The lowest BCUT2D eigenvalue weighted by Gasteiger charge is -2.39. The molecule has 1 amide bonds. The second-order valence-electron chi connectivity index (χ2n) is 11.5. The summed E-state index contributed by atoms with van der Waals surface area (Å²) in [4.78, 5) is 38.6. The van der Waals surface area contributed by atoms with Crippen molar-refractivity contribution in [1.29, 1.82) is 0 Å². The number of sulfonamides is 1. The Morgan fingerprint density at radius 1 is 1.17 bits per heavy atom. The molecule has 2 aliphatic rings. The van der Waals surface area contributed by atoms with Gasteiger partial charge in [0.1, 0.15) is 0 Å². The van der Waals surface area contributed by atoms with Gasteiger partial charge >= 0.3 is 0 Å². The number of rotatable bonds is 7. The van der Waals surface area contributed by atoms with Gasteiger partial charge in [-0.15, -0.1) is 0 Å². The van der Waals surface area contributed by atoms with Crippen molar-refractivity contribution in [3.8, 4) is 0 Å². The average molecular weight is 582 g/mol. The predicted molar refractivity (Wildman–Crippen MR) is 159 cm³/mol. The van der Waals surface area contributed by atoms with Gasteiger partial charge in [-0.2, -0.15) is 5.10 Å². The highest BCUT2D eigenvalue weighted by Crippen LogP contribution is 2.29. The summed E-state index contributed by atoms with van der Waals surface area (Å²) in [5.41, 5.74) is 4.91. The number of hydrogen-bond acceptors (Lipinski definition) is 7. The van der Waals surface area contributed by atoms with Gasteiger partial charge in [0.25, 0.3) is 11.5 Å². The second kappa shape index (κ2) is 11.5. The zero-order valence-corrected chi connectivity index (χ0v) is 25.2. The number of piperidine rings is 1. The maximum atomic E-state index is 14.1. The molecule has 0 unspecified atom stereocenters. The summed E-state index contributed by atoms with van der Waals surface area (Å²) in [6, 6.07) is 3.98. The first-order chi connectivity index (χ1) is 19.4. The van der Waals surface area contributed by atoms with Crippen LogP contribution in [-0.2, 0) is 16.6 Å². The fraction of sp³-hybridized carbons (Fsp3) is 0.517. The number of nitrogens with one attached hydrogen (secondary N) is 2. The molecule has 0 aliphatic carbocycles. The van der Waals surface area contributed by atoms with Crippen LogP contribution in [0.4, 0.5) is 0 Å². The molecule has 0 spiro atoms. The summed E-state index contributed by atoms with van der Waals surface area (Å²) in [5.74, 6) is -0.176. The Labute approximate surface area is 240 Å². The Kier molecular flexibility index (Phi) is 8.18. The molecular formula is C29H39N7O4S. The molecule has 12 heteroatoms. The summed E-state index contributed by atoms with van der Waals surface area (Å²) in [6.45, 7) is 10.5. The standard InChI is InChI=1S/C29H39N7O4S/c1-18(2)36(17-25-19(3)14-20(4)31-28(25)37)29(38)23-15-26(32-27-24(23)16-30-33-27)21-6-10-34(11-7-21)22-8-12-35(13-9-22)41(5,39)40/h6,14-16,18,22H,7-13,17H2,1-5H3,(H,31,37)(H,30,32,33). The number of aromatic amines is 2. The first-order valence-electron chi connectivity index (χ1n) is 14.2. The minimum atomic E-state index is -3.15. The molecule has 1 fully saturated rings. The van der Waals surface area contributed by atoms with E-state index in [9.17, 15) is 18.0 Å². The van der Waals surface area contributed by atoms with Crippen molar-refractivity contribution in [3.05, 3.63) is 62.8 Å². The molecule has 5 rings (SSSR count). The number of carbonyl (C=O) groups is 1. The van der Waals surface area contributed by atoms with Gasteiger partial charge in [-0.05, 0) is 70.2 Å². The molecular weight excluding hydrogens is 542 g/mol. The number of H-pyrrole nitrogens is 2. The number of carbonyl (C=O) groups excluding carboxylic acids is 1. The van der Waals surface area contributed by atoms with Crippen molar-refractivity contribution in [2.24, 2.45) is 0 Å². The van der Waals surface area contributed by atoms with Gasteiger partial charge in [0.15, 0.2) is 5.65 Å². The Balaban J connectivity index is 1.38. The minimum absolute atomic E-state index is 0.141. The van der Waals surface area contributed by atoms with Crippen LogP contribution in [0.5, 0.6) is 0 Å². The summed E-state index contributed by atoms with van der Waals surface area (Å²) in [5, 5.41) is 7.75. The second-order valence-corrected chi connectivity index (χ2v) is 13.5. The quantitative estimate of drug-likeness (QED) is 0.438. The van der Waals surface area contributed by atoms with Crippen LogP contribution in [0.3, 0.4) is 0 Å². The topological polar surface area (TPSA) is 135 Å². The Hall–Kier alpha value is -3.35. The molecule has 0 saturated carbocycles. The average Bonchev–Trinajstić information content (AvgIpc) is 3.40. The molecule has 41 heavy (non-hydrogen) atoms. The smallest absolute Gasteiger partial charge is 0.255 e. The van der Waals surface area contributed by atoms with E-state index in [1.54, 1.807) is 15.4 Å². The van der Waals surface area contributed by atoms with Gasteiger partial charge in [0.05, 0.1) is 35.6 Å². The lowest BCUT2D eigenvalue weighted by Crippen LogP contribution is -2.47. The van der Waals surface area contributed by atoms with Gasteiger partial charge in [-0.1, -0.05) is 6.08 Å². The van der Waals surface area contributed by atoms with E-state index in [0.717, 1.165) is 54.9 Å². The molecule has 3 aromatic rings. The van der Waals surface area contributed by atoms with Gasteiger partial charge in [-0.25, -0.2) is 17.7 Å². The molecule has 1 saturated heterocycles. The maximum Gasteiger partial charge on any atom is 0.255 e. The van der Waals surface area contributed by atoms with Crippen molar-refractivity contribution in [3.63, 3.8) is 0 Å². The zero-order valence-electron chi connectivity index (χ0n) is 24.4. The summed E-state index contributed by atoms with van der Waals surface area (Å²) in [6.07, 6.45) is 7.49. The normalized spacial score (nSPS) is 17.8. The first-order valence-corrected chi connectivity index (χ1v) is 16.0. The number of hydrogen-bond donors (Lipinski definition) is 2. The van der Waals surface area contributed by atoms with Crippen molar-refractivity contribution in [2.45, 2.75) is 65.6 Å². The van der Waals surface area contributed by atoms with Crippen LogP contribution in [0.2, 0.25) is 0 Å². The first kappa shape index (κ1) is 29.2. The van der Waals surface area contributed by atoms with E-state index in [0.29, 0.717) is 41.3 Å². The number of amides is 1. The van der Waals surface area contributed by atoms with Crippen molar-refractivity contribution < 1.29 is 13.2 Å². The third-order valence-electron chi connectivity index (χ3n) is 8.34. The SMILES string of the molecule is Cc1cc(C)c(CN(C(=O)c2cc(C3=CCN(C4CCN(S(C)(=O)=O)CC4)CC3)nc3[nH]ncc23)C(C)C)c(=O)[nH]1. The van der Waals surface area contributed by atoms with E-state index in [-0.39, 0.29) is 24.1 Å². The van der Waals surface area contributed by atoms with Crippen LogP contribution in [0.1, 0.15) is 66.0 Å². The van der Waals surface area contributed by atoms with Gasteiger partial charge < -0.3 is 9.88 Å². The van der Waals surface area contributed by atoms with Crippen LogP contribution in [0.25, 0.3) is 16.6 Å². The fourth-order valence-electron chi connectivity index (χ4n) is 5.95. The number of aromatic nitrogens is 4. The van der Waals surface area contributed by atoms with E-state index < -0.39 is 10.0 Å². The summed E-state index contributed by atoms with van der Waals surface area (Å²) < 4.78 is 25.3. The van der Waals surface area contributed by atoms with Crippen molar-refractivity contribution in [2.75, 3.05) is 32.4 Å². The lowest BCUT2D eigenvalue weighted by molar-refractivity contribution is 0.0691. The number of nitrogens with zero attached hydrogens (tertiary/aromatic N) is 5. The molecule has 11 nitrogen and oxygen atoms in total. The van der Waals surface area contributed by atoms with Crippen molar-refractivity contribution >= 4 is 32.5 Å². The molecule has 0 atom stereocenters.